The molecule has 0 saturated carbocycles. The molecule has 0 amide bonds. The molecule has 0 bridgehead atoms. The first kappa shape index (κ1) is 9.46. The number of pyridine rings is 1. The Kier molecular flexibility index (Phi) is 2.68. The van der Waals surface area contributed by atoms with Crippen molar-refractivity contribution >= 4 is 0 Å². The standard InChI is InChI=1S/C11H16N2O/c1-8-5-11(6-13-9(8)2)14-7-10-3-4-12-10/h5-6,10,12H,3-4,7H2,1-2H3/t10-/m1/s1. The molecule has 3 heteroatoms. The average molecular weight is 192 g/mol. The minimum atomic E-state index is 0.539. The molecule has 3 nitrogen and oxygen atoms in total. The van der Waals surface area contributed by atoms with Gasteiger partial charge in [0.25, 0.3) is 0 Å². The van der Waals surface area contributed by atoms with Gasteiger partial charge in [0, 0.05) is 11.7 Å². The Morgan fingerprint density at radius 1 is 1.57 bits per heavy atom. The van der Waals surface area contributed by atoms with Crippen LogP contribution in [0.15, 0.2) is 12.3 Å². The maximum absolute atomic E-state index is 5.62. The van der Waals surface area contributed by atoms with Gasteiger partial charge >= 0.3 is 0 Å². The summed E-state index contributed by atoms with van der Waals surface area (Å²) in [5, 5.41) is 3.30. The van der Waals surface area contributed by atoms with Gasteiger partial charge in [-0.1, -0.05) is 0 Å². The molecular weight excluding hydrogens is 176 g/mol. The minimum Gasteiger partial charge on any atom is -0.490 e. The van der Waals surface area contributed by atoms with Gasteiger partial charge in [-0.2, -0.15) is 0 Å². The smallest absolute Gasteiger partial charge is 0.137 e. The van der Waals surface area contributed by atoms with Crippen molar-refractivity contribution in [1.29, 1.82) is 0 Å². The van der Waals surface area contributed by atoms with Gasteiger partial charge in [-0.25, -0.2) is 0 Å². The number of ether oxygens (including phenoxy) is 1. The summed E-state index contributed by atoms with van der Waals surface area (Å²) >= 11 is 0. The predicted octanol–water partition coefficient (Wildman–Crippen LogP) is 1.44. The van der Waals surface area contributed by atoms with E-state index in [0.717, 1.165) is 24.6 Å². The van der Waals surface area contributed by atoms with E-state index in [1.54, 1.807) is 6.20 Å². The van der Waals surface area contributed by atoms with Gasteiger partial charge in [-0.05, 0) is 38.4 Å². The number of hydrogen-bond donors (Lipinski definition) is 1. The molecule has 0 radical (unpaired) electrons. The van der Waals surface area contributed by atoms with E-state index in [-0.39, 0.29) is 0 Å². The highest BCUT2D eigenvalue weighted by atomic mass is 16.5. The zero-order chi connectivity index (χ0) is 9.97. The van der Waals surface area contributed by atoms with Crippen LogP contribution in [0.3, 0.4) is 0 Å². The molecule has 0 aliphatic carbocycles. The molecule has 1 atom stereocenters. The third kappa shape index (κ3) is 2.04. The van der Waals surface area contributed by atoms with Gasteiger partial charge in [0.1, 0.15) is 12.4 Å². The van der Waals surface area contributed by atoms with E-state index in [4.69, 9.17) is 4.74 Å². The molecule has 2 rings (SSSR count). The SMILES string of the molecule is Cc1cc(OC[C@H]2CCN2)cnc1C. The van der Waals surface area contributed by atoms with Gasteiger partial charge < -0.3 is 10.1 Å². The second-order valence-electron chi connectivity index (χ2n) is 3.82. The number of rotatable bonds is 3. The molecule has 1 aliphatic heterocycles. The van der Waals surface area contributed by atoms with Gasteiger partial charge in [0.15, 0.2) is 0 Å². The van der Waals surface area contributed by atoms with Crippen molar-refractivity contribution in [2.75, 3.05) is 13.2 Å². The third-order valence-electron chi connectivity index (χ3n) is 2.69. The van der Waals surface area contributed by atoms with Crippen molar-refractivity contribution < 1.29 is 4.74 Å². The first-order chi connectivity index (χ1) is 6.75. The summed E-state index contributed by atoms with van der Waals surface area (Å²) < 4.78 is 5.62. The van der Waals surface area contributed by atoms with Crippen molar-refractivity contribution in [3.05, 3.63) is 23.5 Å². The Hall–Kier alpha value is -1.09. The molecule has 0 aromatic carbocycles. The molecule has 1 aliphatic rings. The van der Waals surface area contributed by atoms with Gasteiger partial charge in [0.05, 0.1) is 6.20 Å². The Labute approximate surface area is 84.5 Å². The Morgan fingerprint density at radius 3 is 2.93 bits per heavy atom. The highest BCUT2D eigenvalue weighted by Gasteiger charge is 2.16. The van der Waals surface area contributed by atoms with E-state index in [9.17, 15) is 0 Å². The molecule has 0 spiro atoms. The van der Waals surface area contributed by atoms with Gasteiger partial charge in [-0.15, -0.1) is 0 Å². The summed E-state index contributed by atoms with van der Waals surface area (Å²) in [6.45, 7) is 5.94. The molecule has 1 fully saturated rings. The Bertz CT molecular complexity index is 321. The van der Waals surface area contributed by atoms with Crippen molar-refractivity contribution in [2.45, 2.75) is 26.3 Å². The predicted molar refractivity (Wildman–Crippen MR) is 55.6 cm³/mol. The van der Waals surface area contributed by atoms with Crippen molar-refractivity contribution in [3.8, 4) is 5.75 Å². The summed E-state index contributed by atoms with van der Waals surface area (Å²) in [6, 6.07) is 2.58. The lowest BCUT2D eigenvalue weighted by Crippen LogP contribution is -2.46. The summed E-state index contributed by atoms with van der Waals surface area (Å²) in [5.74, 6) is 0.877. The fourth-order valence-electron chi connectivity index (χ4n) is 1.38. The first-order valence-corrected chi connectivity index (χ1v) is 5.05. The van der Waals surface area contributed by atoms with E-state index in [2.05, 4.69) is 17.2 Å². The summed E-state index contributed by atoms with van der Waals surface area (Å²) in [6.07, 6.45) is 3.01. The van der Waals surface area contributed by atoms with Gasteiger partial charge in [0.2, 0.25) is 0 Å². The highest BCUT2D eigenvalue weighted by molar-refractivity contribution is 5.27. The fourth-order valence-corrected chi connectivity index (χ4v) is 1.38. The number of nitrogens with zero attached hydrogens (tertiary/aromatic N) is 1. The van der Waals surface area contributed by atoms with E-state index in [1.165, 1.54) is 12.0 Å². The minimum absolute atomic E-state index is 0.539. The molecule has 14 heavy (non-hydrogen) atoms. The Balaban J connectivity index is 1.91. The first-order valence-electron chi connectivity index (χ1n) is 5.05. The molecule has 1 aromatic heterocycles. The van der Waals surface area contributed by atoms with Crippen molar-refractivity contribution in [1.82, 2.24) is 10.3 Å². The maximum atomic E-state index is 5.62. The summed E-state index contributed by atoms with van der Waals surface area (Å²) in [5.41, 5.74) is 2.25. The molecule has 2 heterocycles. The number of aryl methyl sites for hydroxylation is 2. The van der Waals surface area contributed by atoms with Crippen LogP contribution in [-0.2, 0) is 0 Å². The van der Waals surface area contributed by atoms with E-state index < -0.39 is 0 Å². The largest absolute Gasteiger partial charge is 0.490 e. The normalized spacial score (nSPS) is 20.3. The molecule has 1 aromatic rings. The van der Waals surface area contributed by atoms with Crippen LogP contribution in [0.4, 0.5) is 0 Å². The lowest BCUT2D eigenvalue weighted by molar-refractivity contribution is 0.217. The highest BCUT2D eigenvalue weighted by Crippen LogP contribution is 2.14. The fraction of sp³-hybridized carbons (Fsp3) is 0.545. The lowest BCUT2D eigenvalue weighted by atomic mass is 10.1. The number of hydrogen-bond acceptors (Lipinski definition) is 3. The van der Waals surface area contributed by atoms with Crippen LogP contribution in [0.2, 0.25) is 0 Å². The second-order valence-corrected chi connectivity index (χ2v) is 3.82. The molecule has 1 N–H and O–H groups in total. The van der Waals surface area contributed by atoms with Crippen LogP contribution in [-0.4, -0.2) is 24.2 Å². The topological polar surface area (TPSA) is 34.1 Å². The van der Waals surface area contributed by atoms with Crippen molar-refractivity contribution in [2.24, 2.45) is 0 Å². The van der Waals surface area contributed by atoms with Crippen LogP contribution in [0.1, 0.15) is 17.7 Å². The summed E-state index contributed by atoms with van der Waals surface area (Å²) in [7, 11) is 0. The van der Waals surface area contributed by atoms with Crippen molar-refractivity contribution in [3.63, 3.8) is 0 Å². The molecule has 76 valence electrons. The monoisotopic (exact) mass is 192 g/mol. The Morgan fingerprint density at radius 2 is 2.36 bits per heavy atom. The quantitative estimate of drug-likeness (QED) is 0.787. The third-order valence-corrected chi connectivity index (χ3v) is 2.69. The van der Waals surface area contributed by atoms with Crippen LogP contribution in [0, 0.1) is 13.8 Å². The lowest BCUT2D eigenvalue weighted by Gasteiger charge is -2.27. The van der Waals surface area contributed by atoms with Crippen LogP contribution in [0.25, 0.3) is 0 Å². The second kappa shape index (κ2) is 3.96. The summed E-state index contributed by atoms with van der Waals surface area (Å²) in [4.78, 5) is 4.26. The van der Waals surface area contributed by atoms with E-state index in [0.29, 0.717) is 6.04 Å². The zero-order valence-electron chi connectivity index (χ0n) is 8.71. The average Bonchev–Trinajstić information content (AvgIpc) is 2.08. The van der Waals surface area contributed by atoms with Crippen LogP contribution < -0.4 is 10.1 Å². The van der Waals surface area contributed by atoms with E-state index in [1.807, 2.05) is 13.0 Å². The van der Waals surface area contributed by atoms with Gasteiger partial charge in [-0.3, -0.25) is 4.98 Å². The number of nitrogens with one attached hydrogen (secondary N) is 1. The number of aromatic nitrogens is 1. The molecule has 0 unspecified atom stereocenters. The van der Waals surface area contributed by atoms with Crippen LogP contribution in [0.5, 0.6) is 5.75 Å². The molecular formula is C11H16N2O. The molecule has 1 saturated heterocycles. The maximum Gasteiger partial charge on any atom is 0.137 e. The van der Waals surface area contributed by atoms with E-state index >= 15 is 0 Å². The van der Waals surface area contributed by atoms with Crippen LogP contribution >= 0.6 is 0 Å². The zero-order valence-corrected chi connectivity index (χ0v) is 8.71.